The molecular weight excluding hydrogens is 328 g/mol. The van der Waals surface area contributed by atoms with E-state index in [-0.39, 0.29) is 11.7 Å². The van der Waals surface area contributed by atoms with Gasteiger partial charge >= 0.3 is 0 Å². The van der Waals surface area contributed by atoms with Gasteiger partial charge in [-0.25, -0.2) is 0 Å². The van der Waals surface area contributed by atoms with Gasteiger partial charge in [0.15, 0.2) is 5.78 Å². The van der Waals surface area contributed by atoms with Crippen LogP contribution in [0.3, 0.4) is 0 Å². The molecule has 26 heavy (non-hydrogen) atoms. The number of hydrogen-bond acceptors (Lipinski definition) is 4. The molecule has 0 bridgehead atoms. The monoisotopic (exact) mass is 354 g/mol. The quantitative estimate of drug-likeness (QED) is 0.523. The van der Waals surface area contributed by atoms with Crippen molar-refractivity contribution in [3.05, 3.63) is 60.2 Å². The number of ether oxygens (including phenoxy) is 1. The Kier molecular flexibility index (Phi) is 7.83. The Morgan fingerprint density at radius 1 is 1.00 bits per heavy atom. The van der Waals surface area contributed by atoms with Gasteiger partial charge in [-0.3, -0.25) is 9.59 Å². The van der Waals surface area contributed by atoms with Crippen molar-refractivity contribution in [3.63, 3.8) is 0 Å². The molecule has 0 aliphatic heterocycles. The smallest absolute Gasteiger partial charge is 0.225 e. The van der Waals surface area contributed by atoms with Crippen LogP contribution in [-0.4, -0.2) is 43.3 Å². The fourth-order valence-electron chi connectivity index (χ4n) is 2.46. The Labute approximate surface area is 155 Å². The molecule has 2 aromatic rings. The lowest BCUT2D eigenvalue weighted by Gasteiger charge is -2.16. The van der Waals surface area contributed by atoms with Crippen LogP contribution in [0.4, 0.5) is 5.69 Å². The third-order valence-corrected chi connectivity index (χ3v) is 3.99. The summed E-state index contributed by atoms with van der Waals surface area (Å²) in [6, 6.07) is 16.7. The molecule has 5 nitrogen and oxygen atoms in total. The lowest BCUT2D eigenvalue weighted by molar-refractivity contribution is -0.116. The van der Waals surface area contributed by atoms with E-state index < -0.39 is 0 Å². The van der Waals surface area contributed by atoms with Crippen molar-refractivity contribution in [1.29, 1.82) is 0 Å². The minimum atomic E-state index is -0.0343. The minimum absolute atomic E-state index is 0.0146. The number of nitrogens with zero attached hydrogens (tertiary/aromatic N) is 1. The van der Waals surface area contributed by atoms with Crippen LogP contribution in [-0.2, 0) is 4.79 Å². The lowest BCUT2D eigenvalue weighted by atomic mass is 10.1. The first-order valence-corrected chi connectivity index (χ1v) is 8.82. The Bertz CT molecular complexity index is 699. The van der Waals surface area contributed by atoms with Crippen LogP contribution in [0.1, 0.15) is 30.1 Å². The van der Waals surface area contributed by atoms with Crippen LogP contribution < -0.4 is 10.1 Å². The number of amides is 1. The van der Waals surface area contributed by atoms with Crippen molar-refractivity contribution in [2.45, 2.75) is 19.8 Å². The molecule has 0 aromatic heterocycles. The van der Waals surface area contributed by atoms with Crippen molar-refractivity contribution in [2.75, 3.05) is 32.1 Å². The molecule has 5 heteroatoms. The van der Waals surface area contributed by atoms with Gasteiger partial charge in [0.2, 0.25) is 5.91 Å². The fourth-order valence-corrected chi connectivity index (χ4v) is 2.46. The molecule has 0 heterocycles. The van der Waals surface area contributed by atoms with Gasteiger partial charge in [0, 0.05) is 30.8 Å². The minimum Gasteiger partial charge on any atom is -0.494 e. The molecular formula is C21H26N2O3. The van der Waals surface area contributed by atoms with Crippen LogP contribution in [0, 0.1) is 0 Å². The number of benzene rings is 2. The molecule has 1 N–H and O–H groups in total. The highest BCUT2D eigenvalue weighted by Gasteiger charge is 2.06. The van der Waals surface area contributed by atoms with Gasteiger partial charge in [-0.15, -0.1) is 0 Å². The van der Waals surface area contributed by atoms with Crippen LogP contribution in [0.2, 0.25) is 0 Å². The zero-order valence-corrected chi connectivity index (χ0v) is 15.4. The first kappa shape index (κ1) is 19.7. The molecule has 0 saturated carbocycles. The highest BCUT2D eigenvalue weighted by molar-refractivity contribution is 5.95. The standard InChI is InChI=1S/C21H26N2O3/c1-17(24)18-9-11-19(12-10-18)22-21(25)13-15-23(2)14-6-16-26-20-7-4-3-5-8-20/h3-5,7-12H,6,13-16H2,1-2H3,(H,22,25). The summed E-state index contributed by atoms with van der Waals surface area (Å²) in [5.74, 6) is 0.860. The van der Waals surface area contributed by atoms with E-state index in [4.69, 9.17) is 4.74 Å². The van der Waals surface area contributed by atoms with E-state index in [9.17, 15) is 9.59 Å². The van der Waals surface area contributed by atoms with Gasteiger partial charge < -0.3 is 15.0 Å². The van der Waals surface area contributed by atoms with Crippen molar-refractivity contribution >= 4 is 17.4 Å². The number of carbonyl (C=O) groups excluding carboxylic acids is 2. The molecule has 0 saturated heterocycles. The predicted molar refractivity (Wildman–Crippen MR) is 104 cm³/mol. The number of carbonyl (C=O) groups is 2. The average molecular weight is 354 g/mol. The summed E-state index contributed by atoms with van der Waals surface area (Å²) in [5.41, 5.74) is 1.35. The summed E-state index contributed by atoms with van der Waals surface area (Å²) >= 11 is 0. The summed E-state index contributed by atoms with van der Waals surface area (Å²) in [5, 5.41) is 2.85. The van der Waals surface area contributed by atoms with Gasteiger partial charge in [0.05, 0.1) is 6.61 Å². The zero-order valence-electron chi connectivity index (χ0n) is 15.4. The molecule has 2 rings (SSSR count). The van der Waals surface area contributed by atoms with E-state index in [1.807, 2.05) is 37.4 Å². The average Bonchev–Trinajstić information content (AvgIpc) is 2.65. The number of hydrogen-bond donors (Lipinski definition) is 1. The maximum atomic E-state index is 12.0. The normalized spacial score (nSPS) is 10.6. The van der Waals surface area contributed by atoms with Crippen LogP contribution >= 0.6 is 0 Å². The zero-order chi connectivity index (χ0) is 18.8. The third kappa shape index (κ3) is 7.07. The Morgan fingerprint density at radius 2 is 1.69 bits per heavy atom. The van der Waals surface area contributed by atoms with E-state index in [0.717, 1.165) is 18.7 Å². The molecule has 1 amide bonds. The van der Waals surface area contributed by atoms with Gasteiger partial charge in [-0.2, -0.15) is 0 Å². The van der Waals surface area contributed by atoms with E-state index in [1.165, 1.54) is 6.92 Å². The largest absolute Gasteiger partial charge is 0.494 e. The second kappa shape index (κ2) is 10.4. The van der Waals surface area contributed by atoms with Crippen LogP contribution in [0.5, 0.6) is 5.75 Å². The SMILES string of the molecule is CC(=O)c1ccc(NC(=O)CCN(C)CCCOc2ccccc2)cc1. The van der Waals surface area contributed by atoms with Crippen molar-refractivity contribution in [2.24, 2.45) is 0 Å². The fraction of sp³-hybridized carbons (Fsp3) is 0.333. The molecule has 0 aliphatic rings. The molecule has 0 atom stereocenters. The number of para-hydroxylation sites is 1. The van der Waals surface area contributed by atoms with E-state index >= 15 is 0 Å². The summed E-state index contributed by atoms with van der Waals surface area (Å²) < 4.78 is 5.66. The molecule has 0 fully saturated rings. The summed E-state index contributed by atoms with van der Waals surface area (Å²) in [6.07, 6.45) is 1.32. The van der Waals surface area contributed by atoms with Crippen molar-refractivity contribution in [1.82, 2.24) is 4.90 Å². The van der Waals surface area contributed by atoms with Crippen molar-refractivity contribution < 1.29 is 14.3 Å². The van der Waals surface area contributed by atoms with Crippen LogP contribution in [0.25, 0.3) is 0 Å². The topological polar surface area (TPSA) is 58.6 Å². The number of nitrogens with one attached hydrogen (secondary N) is 1. The van der Waals surface area contributed by atoms with E-state index in [2.05, 4.69) is 10.2 Å². The molecule has 0 unspecified atom stereocenters. The second-order valence-corrected chi connectivity index (χ2v) is 6.25. The summed E-state index contributed by atoms with van der Waals surface area (Å²) in [6.45, 7) is 3.73. The molecule has 0 spiro atoms. The van der Waals surface area contributed by atoms with Gasteiger partial charge in [0.25, 0.3) is 0 Å². The molecule has 0 aliphatic carbocycles. The molecule has 138 valence electrons. The molecule has 0 radical (unpaired) electrons. The maximum Gasteiger partial charge on any atom is 0.225 e. The second-order valence-electron chi connectivity index (χ2n) is 6.25. The van der Waals surface area contributed by atoms with Gasteiger partial charge in [-0.1, -0.05) is 18.2 Å². The van der Waals surface area contributed by atoms with Crippen LogP contribution in [0.15, 0.2) is 54.6 Å². The summed E-state index contributed by atoms with van der Waals surface area (Å²) in [4.78, 5) is 25.4. The number of rotatable bonds is 10. The number of Topliss-reactive ketones (excluding diaryl/α,β-unsaturated/α-hetero) is 1. The van der Waals surface area contributed by atoms with Gasteiger partial charge in [0.1, 0.15) is 5.75 Å². The Balaban J connectivity index is 1.61. The highest BCUT2D eigenvalue weighted by Crippen LogP contribution is 2.11. The van der Waals surface area contributed by atoms with E-state index in [0.29, 0.717) is 30.8 Å². The molecule has 2 aromatic carbocycles. The van der Waals surface area contributed by atoms with E-state index in [1.54, 1.807) is 24.3 Å². The highest BCUT2D eigenvalue weighted by atomic mass is 16.5. The maximum absolute atomic E-state index is 12.0. The number of ketones is 1. The third-order valence-electron chi connectivity index (χ3n) is 3.99. The lowest BCUT2D eigenvalue weighted by Crippen LogP contribution is -2.26. The number of anilines is 1. The Hall–Kier alpha value is -2.66. The van der Waals surface area contributed by atoms with Gasteiger partial charge in [-0.05, 0) is 56.8 Å². The first-order chi connectivity index (χ1) is 12.5. The predicted octanol–water partition coefficient (Wildman–Crippen LogP) is 3.62. The Morgan fingerprint density at radius 3 is 2.35 bits per heavy atom. The first-order valence-electron chi connectivity index (χ1n) is 8.82. The summed E-state index contributed by atoms with van der Waals surface area (Å²) in [7, 11) is 2.00. The van der Waals surface area contributed by atoms with Crippen molar-refractivity contribution in [3.8, 4) is 5.75 Å².